The number of aromatic nitrogens is 4. The molecule has 8 nitrogen and oxygen atoms in total. The van der Waals surface area contributed by atoms with Crippen LogP contribution in [0, 0.1) is 5.92 Å². The van der Waals surface area contributed by atoms with Crippen LogP contribution in [0.25, 0.3) is 33.7 Å². The van der Waals surface area contributed by atoms with Crippen LogP contribution < -0.4 is 10.3 Å². The van der Waals surface area contributed by atoms with E-state index in [1.807, 2.05) is 49.4 Å². The Labute approximate surface area is 177 Å². The number of ether oxygens (including phenoxy) is 1. The van der Waals surface area contributed by atoms with Crippen molar-refractivity contribution in [1.29, 1.82) is 0 Å². The zero-order valence-electron chi connectivity index (χ0n) is 16.8. The predicted molar refractivity (Wildman–Crippen MR) is 115 cm³/mol. The minimum absolute atomic E-state index is 0.0680. The molecule has 0 bridgehead atoms. The normalized spacial score (nSPS) is 17.6. The number of carboxylic acid groups (broad SMARTS) is 1. The highest BCUT2D eigenvalue weighted by molar-refractivity contribution is 5.78. The van der Waals surface area contributed by atoms with Crippen LogP contribution >= 0.6 is 0 Å². The van der Waals surface area contributed by atoms with Crippen LogP contribution in [0.15, 0.2) is 53.6 Å². The second-order valence-electron chi connectivity index (χ2n) is 7.57. The van der Waals surface area contributed by atoms with E-state index in [2.05, 4.69) is 19.9 Å². The van der Waals surface area contributed by atoms with Crippen molar-refractivity contribution in [3.05, 3.63) is 64.7 Å². The summed E-state index contributed by atoms with van der Waals surface area (Å²) in [5.74, 6) is 0.0274. The van der Waals surface area contributed by atoms with Gasteiger partial charge in [-0.1, -0.05) is 30.3 Å². The molecule has 156 valence electrons. The van der Waals surface area contributed by atoms with Gasteiger partial charge in [-0.2, -0.15) is 0 Å². The van der Waals surface area contributed by atoms with Gasteiger partial charge < -0.3 is 19.8 Å². The molecule has 1 fully saturated rings. The third kappa shape index (κ3) is 3.46. The molecule has 0 aliphatic heterocycles. The molecule has 31 heavy (non-hydrogen) atoms. The molecule has 0 saturated heterocycles. The number of H-pyrrole nitrogens is 2. The molecule has 8 heteroatoms. The summed E-state index contributed by atoms with van der Waals surface area (Å²) in [6.45, 7) is 2.35. The van der Waals surface area contributed by atoms with Crippen LogP contribution in [-0.2, 0) is 4.79 Å². The fourth-order valence-electron chi connectivity index (χ4n) is 3.93. The lowest BCUT2D eigenvalue weighted by Gasteiger charge is -2.13. The van der Waals surface area contributed by atoms with Gasteiger partial charge in [-0.25, -0.2) is 9.97 Å². The summed E-state index contributed by atoms with van der Waals surface area (Å²) < 4.78 is 5.86. The Hall–Kier alpha value is -3.94. The van der Waals surface area contributed by atoms with E-state index in [4.69, 9.17) is 4.74 Å². The molecule has 5 rings (SSSR count). The highest BCUT2D eigenvalue weighted by atomic mass is 16.5. The first kappa shape index (κ1) is 19.0. The number of nitrogens with zero attached hydrogens (tertiary/aromatic N) is 2. The van der Waals surface area contributed by atoms with Gasteiger partial charge in [-0.15, -0.1) is 0 Å². The van der Waals surface area contributed by atoms with E-state index in [0.717, 1.165) is 16.7 Å². The van der Waals surface area contributed by atoms with Crippen LogP contribution in [0.2, 0.25) is 0 Å². The number of aliphatic carboxylic acids is 1. The van der Waals surface area contributed by atoms with Crippen LogP contribution in [0.3, 0.4) is 0 Å². The van der Waals surface area contributed by atoms with Crippen molar-refractivity contribution in [2.45, 2.75) is 19.3 Å². The molecule has 2 aromatic carbocycles. The number of rotatable bonds is 6. The molecule has 4 aromatic rings. The van der Waals surface area contributed by atoms with E-state index in [0.29, 0.717) is 35.8 Å². The van der Waals surface area contributed by atoms with Crippen LogP contribution in [0.5, 0.6) is 5.75 Å². The SMILES string of the molecule is CCOc1cc(-c2cccc([C@H]3C[C@@H]3C(=O)O)c2)ccc1-c1nc2[nH]cnc2c(=O)[nH]1. The van der Waals surface area contributed by atoms with Gasteiger partial charge >= 0.3 is 5.97 Å². The highest BCUT2D eigenvalue weighted by Gasteiger charge is 2.44. The van der Waals surface area contributed by atoms with E-state index in [-0.39, 0.29) is 22.9 Å². The van der Waals surface area contributed by atoms with Gasteiger partial charge in [0.15, 0.2) is 11.2 Å². The molecule has 1 aliphatic rings. The molecule has 2 heterocycles. The first-order valence-corrected chi connectivity index (χ1v) is 10.1. The maximum Gasteiger partial charge on any atom is 0.307 e. The number of hydrogen-bond acceptors (Lipinski definition) is 5. The predicted octanol–water partition coefficient (Wildman–Crippen LogP) is 3.57. The third-order valence-electron chi connectivity index (χ3n) is 5.58. The number of benzene rings is 2. The maximum absolute atomic E-state index is 12.3. The maximum atomic E-state index is 12.3. The zero-order valence-corrected chi connectivity index (χ0v) is 16.8. The van der Waals surface area contributed by atoms with Crippen molar-refractivity contribution in [3.63, 3.8) is 0 Å². The monoisotopic (exact) mass is 416 g/mol. The summed E-state index contributed by atoms with van der Waals surface area (Å²) >= 11 is 0. The molecule has 1 saturated carbocycles. The zero-order chi connectivity index (χ0) is 21.5. The molecule has 0 radical (unpaired) electrons. The van der Waals surface area contributed by atoms with E-state index in [1.165, 1.54) is 6.33 Å². The second kappa shape index (κ2) is 7.39. The molecule has 0 amide bonds. The minimum Gasteiger partial charge on any atom is -0.493 e. The van der Waals surface area contributed by atoms with Gasteiger partial charge in [0.1, 0.15) is 11.6 Å². The lowest BCUT2D eigenvalue weighted by atomic mass is 9.99. The van der Waals surface area contributed by atoms with Crippen molar-refractivity contribution in [2.75, 3.05) is 6.61 Å². The fraction of sp³-hybridized carbons (Fsp3) is 0.217. The second-order valence-corrected chi connectivity index (χ2v) is 7.57. The van der Waals surface area contributed by atoms with E-state index < -0.39 is 5.97 Å². The molecule has 0 spiro atoms. The van der Waals surface area contributed by atoms with Crippen LogP contribution in [0.1, 0.15) is 24.8 Å². The Bertz CT molecular complexity index is 1360. The molecule has 3 N–H and O–H groups in total. The average molecular weight is 416 g/mol. The highest BCUT2D eigenvalue weighted by Crippen LogP contribution is 2.48. The lowest BCUT2D eigenvalue weighted by Crippen LogP contribution is -2.10. The van der Waals surface area contributed by atoms with Gasteiger partial charge in [-0.3, -0.25) is 9.59 Å². The summed E-state index contributed by atoms with van der Waals surface area (Å²) in [5, 5.41) is 9.22. The van der Waals surface area contributed by atoms with Crippen molar-refractivity contribution in [1.82, 2.24) is 19.9 Å². The Kier molecular flexibility index (Phi) is 4.54. The van der Waals surface area contributed by atoms with Crippen molar-refractivity contribution in [2.24, 2.45) is 5.92 Å². The summed E-state index contributed by atoms with van der Waals surface area (Å²) in [7, 11) is 0. The van der Waals surface area contributed by atoms with E-state index >= 15 is 0 Å². The standard InChI is InChI=1S/C23H20N4O4/c1-2-31-18-9-13(12-4-3-5-14(8-12)16-10-17(16)23(29)30)6-7-15(18)20-26-21-19(22(28)27-20)24-11-25-21/h3-9,11,16-17H,2,10H2,1H3,(H,29,30)(H2,24,25,26,27,28)/t16-,17+/m1/s1. The van der Waals surface area contributed by atoms with E-state index in [9.17, 15) is 14.7 Å². The fourth-order valence-corrected chi connectivity index (χ4v) is 3.93. The van der Waals surface area contributed by atoms with Crippen LogP contribution in [-0.4, -0.2) is 37.6 Å². The number of fused-ring (bicyclic) bond motifs is 1. The van der Waals surface area contributed by atoms with Crippen LogP contribution in [0.4, 0.5) is 0 Å². The number of carboxylic acids is 1. The summed E-state index contributed by atoms with van der Waals surface area (Å²) in [6, 6.07) is 13.7. The molecule has 2 atom stereocenters. The number of aromatic amines is 2. The van der Waals surface area contributed by atoms with Gasteiger partial charge in [0.05, 0.1) is 24.4 Å². The molecular formula is C23H20N4O4. The number of nitrogens with one attached hydrogen (secondary N) is 2. The van der Waals surface area contributed by atoms with Crippen molar-refractivity contribution < 1.29 is 14.6 Å². The Balaban J connectivity index is 1.54. The van der Waals surface area contributed by atoms with Gasteiger partial charge in [0, 0.05) is 0 Å². The Morgan fingerprint density at radius 3 is 2.84 bits per heavy atom. The van der Waals surface area contributed by atoms with Gasteiger partial charge in [0.2, 0.25) is 0 Å². The Morgan fingerprint density at radius 2 is 2.06 bits per heavy atom. The average Bonchev–Trinajstić information content (AvgIpc) is 3.44. The van der Waals surface area contributed by atoms with Gasteiger partial charge in [0.25, 0.3) is 5.56 Å². The lowest BCUT2D eigenvalue weighted by molar-refractivity contribution is -0.138. The van der Waals surface area contributed by atoms with E-state index in [1.54, 1.807) is 0 Å². The summed E-state index contributed by atoms with van der Waals surface area (Å²) in [6.07, 6.45) is 2.11. The summed E-state index contributed by atoms with van der Waals surface area (Å²) in [5.41, 5.74) is 3.97. The first-order chi connectivity index (χ1) is 15.0. The Morgan fingerprint density at radius 1 is 1.23 bits per heavy atom. The molecule has 1 aliphatic carbocycles. The minimum atomic E-state index is -0.742. The molecule has 0 unspecified atom stereocenters. The number of hydrogen-bond donors (Lipinski definition) is 3. The third-order valence-corrected chi connectivity index (χ3v) is 5.58. The smallest absolute Gasteiger partial charge is 0.307 e. The van der Waals surface area contributed by atoms with Gasteiger partial charge in [-0.05, 0) is 48.1 Å². The molecule has 2 aromatic heterocycles. The largest absolute Gasteiger partial charge is 0.493 e. The molecular weight excluding hydrogens is 396 g/mol. The summed E-state index contributed by atoms with van der Waals surface area (Å²) in [4.78, 5) is 37.6. The first-order valence-electron chi connectivity index (χ1n) is 10.1. The van der Waals surface area contributed by atoms with Crippen molar-refractivity contribution >= 4 is 17.1 Å². The quantitative estimate of drug-likeness (QED) is 0.442. The van der Waals surface area contributed by atoms with Crippen molar-refractivity contribution in [3.8, 4) is 28.3 Å². The topological polar surface area (TPSA) is 121 Å². The number of imidazole rings is 1. The number of carbonyl (C=O) groups is 1.